The second-order valence-corrected chi connectivity index (χ2v) is 7.31. The van der Waals surface area contributed by atoms with Crippen LogP contribution in [0.1, 0.15) is 29.1 Å². The van der Waals surface area contributed by atoms with Gasteiger partial charge in [0.1, 0.15) is 5.82 Å². The molecule has 2 N–H and O–H groups in total. The Kier molecular flexibility index (Phi) is 5.14. The van der Waals surface area contributed by atoms with Crippen LogP contribution in [0.25, 0.3) is 0 Å². The van der Waals surface area contributed by atoms with Gasteiger partial charge in [-0.05, 0) is 37.5 Å². The average Bonchev–Trinajstić information content (AvgIpc) is 3.26. The fraction of sp³-hybridized carbons (Fsp3) is 0.444. The van der Waals surface area contributed by atoms with Gasteiger partial charge in [0.05, 0.1) is 10.7 Å². The lowest BCUT2D eigenvalue weighted by Gasteiger charge is -2.19. The zero-order valence-electron chi connectivity index (χ0n) is 14.1. The number of aryl methyl sites for hydroxylation is 1. The molecule has 1 aromatic heterocycles. The van der Waals surface area contributed by atoms with E-state index >= 15 is 0 Å². The summed E-state index contributed by atoms with van der Waals surface area (Å²) in [6.45, 7) is 3.63. The molecule has 0 unspecified atom stereocenters. The summed E-state index contributed by atoms with van der Waals surface area (Å²) < 4.78 is 13.1. The molecule has 0 radical (unpaired) electrons. The standard InChI is InChI=1S/C18H23FN4S/c1-13-23-16(11-24-13)7-10-21-17(20-2)22-12-18(8-9-18)14-3-5-15(19)6-4-14/h3-6,11H,7-10,12H2,1-2H3,(H2,20,21,22). The van der Waals surface area contributed by atoms with Crippen molar-refractivity contribution in [3.05, 3.63) is 51.7 Å². The van der Waals surface area contributed by atoms with Crippen LogP contribution in [0.3, 0.4) is 0 Å². The normalized spacial score (nSPS) is 16.0. The Bertz CT molecular complexity index is 704. The zero-order chi connectivity index (χ0) is 17.0. The van der Waals surface area contributed by atoms with Crippen molar-refractivity contribution in [1.29, 1.82) is 0 Å². The number of halogens is 1. The lowest BCUT2D eigenvalue weighted by molar-refractivity contribution is 0.617. The predicted octanol–water partition coefficient (Wildman–Crippen LogP) is 3.03. The number of rotatable bonds is 6. The first-order valence-corrected chi connectivity index (χ1v) is 9.11. The van der Waals surface area contributed by atoms with Gasteiger partial charge >= 0.3 is 0 Å². The van der Waals surface area contributed by atoms with Gasteiger partial charge in [-0.3, -0.25) is 4.99 Å². The van der Waals surface area contributed by atoms with E-state index in [4.69, 9.17) is 0 Å². The van der Waals surface area contributed by atoms with E-state index in [1.54, 1.807) is 18.4 Å². The summed E-state index contributed by atoms with van der Waals surface area (Å²) in [5, 5.41) is 9.93. The Hall–Kier alpha value is -1.95. The van der Waals surface area contributed by atoms with Crippen molar-refractivity contribution < 1.29 is 4.39 Å². The van der Waals surface area contributed by atoms with E-state index in [1.165, 1.54) is 17.7 Å². The van der Waals surface area contributed by atoms with Crippen LogP contribution < -0.4 is 10.6 Å². The highest BCUT2D eigenvalue weighted by atomic mass is 32.1. The summed E-state index contributed by atoms with van der Waals surface area (Å²) >= 11 is 1.68. The third-order valence-corrected chi connectivity index (χ3v) is 5.29. The molecule has 0 spiro atoms. The summed E-state index contributed by atoms with van der Waals surface area (Å²) in [6.07, 6.45) is 3.13. The van der Waals surface area contributed by atoms with E-state index in [-0.39, 0.29) is 11.2 Å². The first kappa shape index (κ1) is 16.9. The molecule has 0 saturated heterocycles. The largest absolute Gasteiger partial charge is 0.356 e. The molecule has 3 rings (SSSR count). The predicted molar refractivity (Wildman–Crippen MR) is 97.2 cm³/mol. The third-order valence-electron chi connectivity index (χ3n) is 4.47. The summed E-state index contributed by atoms with van der Waals surface area (Å²) in [5.41, 5.74) is 2.44. The van der Waals surface area contributed by atoms with Crippen molar-refractivity contribution in [1.82, 2.24) is 15.6 Å². The summed E-state index contributed by atoms with van der Waals surface area (Å²) in [7, 11) is 1.78. The monoisotopic (exact) mass is 346 g/mol. The van der Waals surface area contributed by atoms with E-state index < -0.39 is 0 Å². The highest BCUT2D eigenvalue weighted by molar-refractivity contribution is 7.09. The van der Waals surface area contributed by atoms with Crippen molar-refractivity contribution in [2.75, 3.05) is 20.1 Å². The van der Waals surface area contributed by atoms with Gasteiger partial charge < -0.3 is 10.6 Å². The van der Waals surface area contributed by atoms with Crippen LogP contribution >= 0.6 is 11.3 Å². The quantitative estimate of drug-likeness (QED) is 0.624. The van der Waals surface area contributed by atoms with Crippen LogP contribution in [0, 0.1) is 12.7 Å². The van der Waals surface area contributed by atoms with Crippen LogP contribution in [0.5, 0.6) is 0 Å². The Morgan fingerprint density at radius 2 is 2.04 bits per heavy atom. The van der Waals surface area contributed by atoms with Gasteiger partial charge in [0, 0.05) is 37.4 Å². The molecule has 1 heterocycles. The number of aliphatic imine (C=N–C) groups is 1. The first-order valence-electron chi connectivity index (χ1n) is 8.23. The number of hydrogen-bond acceptors (Lipinski definition) is 3. The molecule has 1 aliphatic carbocycles. The van der Waals surface area contributed by atoms with Crippen LogP contribution in [0.4, 0.5) is 4.39 Å². The highest BCUT2D eigenvalue weighted by Crippen LogP contribution is 2.47. The average molecular weight is 346 g/mol. The number of guanidine groups is 1. The number of hydrogen-bond donors (Lipinski definition) is 2. The second kappa shape index (κ2) is 7.30. The minimum absolute atomic E-state index is 0.122. The molecule has 0 atom stereocenters. The van der Waals surface area contributed by atoms with Crippen molar-refractivity contribution in [2.24, 2.45) is 4.99 Å². The molecule has 24 heavy (non-hydrogen) atoms. The van der Waals surface area contributed by atoms with Gasteiger partial charge in [-0.2, -0.15) is 0 Å². The Morgan fingerprint density at radius 1 is 1.29 bits per heavy atom. The Balaban J connectivity index is 1.48. The minimum atomic E-state index is -0.183. The van der Waals surface area contributed by atoms with E-state index in [9.17, 15) is 4.39 Å². The van der Waals surface area contributed by atoms with Crippen LogP contribution in [0.15, 0.2) is 34.6 Å². The maximum Gasteiger partial charge on any atom is 0.191 e. The molecule has 6 heteroatoms. The fourth-order valence-corrected chi connectivity index (χ4v) is 3.47. The van der Waals surface area contributed by atoms with Crippen molar-refractivity contribution in [2.45, 2.75) is 31.6 Å². The fourth-order valence-electron chi connectivity index (χ4n) is 2.83. The summed E-state index contributed by atoms with van der Waals surface area (Å²) in [4.78, 5) is 8.74. The summed E-state index contributed by atoms with van der Waals surface area (Å²) in [5.74, 6) is 0.618. The molecule has 0 aliphatic heterocycles. The highest BCUT2D eigenvalue weighted by Gasteiger charge is 2.44. The lowest BCUT2D eigenvalue weighted by atomic mass is 9.96. The van der Waals surface area contributed by atoms with Gasteiger partial charge in [-0.25, -0.2) is 9.37 Å². The van der Waals surface area contributed by atoms with Gasteiger partial charge in [0.25, 0.3) is 0 Å². The van der Waals surface area contributed by atoms with E-state index in [1.807, 2.05) is 19.1 Å². The molecule has 1 fully saturated rings. The van der Waals surface area contributed by atoms with Gasteiger partial charge in [0.15, 0.2) is 5.96 Å². The number of thiazole rings is 1. The Morgan fingerprint density at radius 3 is 2.62 bits per heavy atom. The van der Waals surface area contributed by atoms with Crippen molar-refractivity contribution in [3.63, 3.8) is 0 Å². The van der Waals surface area contributed by atoms with Crippen molar-refractivity contribution >= 4 is 17.3 Å². The van der Waals surface area contributed by atoms with E-state index in [0.717, 1.165) is 49.0 Å². The Labute approximate surface area is 146 Å². The molecular formula is C18H23FN4S. The van der Waals surface area contributed by atoms with Crippen LogP contribution in [-0.4, -0.2) is 31.1 Å². The van der Waals surface area contributed by atoms with E-state index in [2.05, 4.69) is 26.0 Å². The SMILES string of the molecule is CN=C(NCCc1csc(C)n1)NCC1(c2ccc(F)cc2)CC1. The zero-order valence-corrected chi connectivity index (χ0v) is 14.9. The lowest BCUT2D eigenvalue weighted by Crippen LogP contribution is -2.42. The molecule has 128 valence electrons. The molecule has 4 nitrogen and oxygen atoms in total. The number of nitrogens with zero attached hydrogens (tertiary/aromatic N) is 2. The van der Waals surface area contributed by atoms with E-state index in [0.29, 0.717) is 0 Å². The molecule has 0 bridgehead atoms. The van der Waals surface area contributed by atoms with Gasteiger partial charge in [-0.1, -0.05) is 12.1 Å². The third kappa shape index (κ3) is 4.12. The van der Waals surface area contributed by atoms with Gasteiger partial charge in [-0.15, -0.1) is 11.3 Å². The molecule has 0 amide bonds. The summed E-state index contributed by atoms with van der Waals surface area (Å²) in [6, 6.07) is 6.87. The molecule has 2 aromatic rings. The maximum atomic E-state index is 13.1. The van der Waals surface area contributed by atoms with Crippen LogP contribution in [-0.2, 0) is 11.8 Å². The molecular weight excluding hydrogens is 323 g/mol. The number of aromatic nitrogens is 1. The maximum absolute atomic E-state index is 13.1. The van der Waals surface area contributed by atoms with Crippen LogP contribution in [0.2, 0.25) is 0 Å². The van der Waals surface area contributed by atoms with Crippen molar-refractivity contribution in [3.8, 4) is 0 Å². The topological polar surface area (TPSA) is 49.3 Å². The smallest absolute Gasteiger partial charge is 0.191 e. The molecule has 1 saturated carbocycles. The first-order chi connectivity index (χ1) is 11.6. The number of nitrogens with one attached hydrogen (secondary N) is 2. The molecule has 1 aliphatic rings. The molecule has 1 aromatic carbocycles. The number of benzene rings is 1. The van der Waals surface area contributed by atoms with Gasteiger partial charge in [0.2, 0.25) is 0 Å². The second-order valence-electron chi connectivity index (χ2n) is 6.25. The minimum Gasteiger partial charge on any atom is -0.356 e.